The van der Waals surface area contributed by atoms with E-state index in [0.29, 0.717) is 16.5 Å². The van der Waals surface area contributed by atoms with E-state index in [9.17, 15) is 4.79 Å². The Bertz CT molecular complexity index is 577. The molecule has 0 bridgehead atoms. The van der Waals surface area contributed by atoms with E-state index in [4.69, 9.17) is 16.3 Å². The topological polar surface area (TPSA) is 56.5 Å². The summed E-state index contributed by atoms with van der Waals surface area (Å²) in [4.78, 5) is 16.0. The normalized spacial score (nSPS) is 11.8. The molecule has 0 spiro atoms. The Hall–Kier alpha value is -1.62. The number of carbonyl (C=O) groups excluding carboxylic acids is 1. The van der Waals surface area contributed by atoms with Crippen LogP contribution in [-0.4, -0.2) is 27.7 Å². The van der Waals surface area contributed by atoms with Crippen molar-refractivity contribution in [3.63, 3.8) is 0 Å². The fourth-order valence-electron chi connectivity index (χ4n) is 1.52. The Kier molecular flexibility index (Phi) is 2.79. The van der Waals surface area contributed by atoms with E-state index < -0.39 is 5.41 Å². The highest BCUT2D eigenvalue weighted by Crippen LogP contribution is 2.24. The van der Waals surface area contributed by atoms with E-state index in [-0.39, 0.29) is 5.97 Å². The van der Waals surface area contributed by atoms with Crippen LogP contribution in [0.4, 0.5) is 0 Å². The molecule has 0 amide bonds. The summed E-state index contributed by atoms with van der Waals surface area (Å²) in [5.74, 6) is -0.341. The van der Waals surface area contributed by atoms with Crippen molar-refractivity contribution in [3.8, 4) is 0 Å². The van der Waals surface area contributed by atoms with Crippen LogP contribution >= 0.6 is 11.6 Å². The number of halogens is 1. The first-order valence-electron chi connectivity index (χ1n) is 5.06. The molecule has 17 heavy (non-hydrogen) atoms. The number of hydrogen-bond donors (Lipinski definition) is 0. The number of methoxy groups -OCH3 is 1. The van der Waals surface area contributed by atoms with E-state index in [1.165, 1.54) is 7.11 Å². The smallest absolute Gasteiger partial charge is 0.317 e. The summed E-state index contributed by atoms with van der Waals surface area (Å²) >= 11 is 5.78. The van der Waals surface area contributed by atoms with Crippen molar-refractivity contribution in [2.45, 2.75) is 19.3 Å². The van der Waals surface area contributed by atoms with Crippen LogP contribution < -0.4 is 0 Å². The molecule has 2 rings (SSSR count). The van der Waals surface area contributed by atoms with Crippen molar-refractivity contribution in [1.29, 1.82) is 0 Å². The first kappa shape index (κ1) is 11.9. The van der Waals surface area contributed by atoms with Crippen molar-refractivity contribution in [1.82, 2.24) is 14.6 Å². The molecule has 0 fully saturated rings. The fourth-order valence-corrected chi connectivity index (χ4v) is 1.66. The Balaban J connectivity index is 2.53. The van der Waals surface area contributed by atoms with Gasteiger partial charge in [0.2, 0.25) is 0 Å². The third kappa shape index (κ3) is 1.98. The number of aromatic nitrogens is 3. The Morgan fingerprint density at radius 1 is 1.47 bits per heavy atom. The summed E-state index contributed by atoms with van der Waals surface area (Å²) in [7, 11) is 1.36. The average Bonchev–Trinajstić information content (AvgIpc) is 2.71. The van der Waals surface area contributed by atoms with Gasteiger partial charge >= 0.3 is 5.97 Å². The van der Waals surface area contributed by atoms with Gasteiger partial charge in [-0.2, -0.15) is 5.10 Å². The lowest BCUT2D eigenvalue weighted by Gasteiger charge is -2.18. The van der Waals surface area contributed by atoms with Crippen LogP contribution in [-0.2, 0) is 14.9 Å². The zero-order chi connectivity index (χ0) is 12.6. The summed E-state index contributed by atoms with van der Waals surface area (Å²) in [6.45, 7) is 3.50. The largest absolute Gasteiger partial charge is 0.468 e. The highest BCUT2D eigenvalue weighted by molar-refractivity contribution is 6.29. The molecule has 0 radical (unpaired) electrons. The van der Waals surface area contributed by atoms with Crippen molar-refractivity contribution in [2.75, 3.05) is 7.11 Å². The van der Waals surface area contributed by atoms with Gasteiger partial charge in [-0.05, 0) is 26.0 Å². The zero-order valence-corrected chi connectivity index (χ0v) is 10.5. The predicted molar refractivity (Wildman–Crippen MR) is 63.0 cm³/mol. The van der Waals surface area contributed by atoms with Crippen LogP contribution in [0.1, 0.15) is 19.5 Å². The first-order valence-corrected chi connectivity index (χ1v) is 5.44. The SMILES string of the molecule is COC(=O)C(C)(C)c1cn2nc(Cl)ccc2n1. The van der Waals surface area contributed by atoms with Crippen molar-refractivity contribution in [2.24, 2.45) is 0 Å². The van der Waals surface area contributed by atoms with Gasteiger partial charge < -0.3 is 4.74 Å². The maximum absolute atomic E-state index is 11.7. The summed E-state index contributed by atoms with van der Waals surface area (Å²) in [6.07, 6.45) is 1.68. The van der Waals surface area contributed by atoms with Crippen LogP contribution in [0.3, 0.4) is 0 Å². The van der Waals surface area contributed by atoms with Gasteiger partial charge in [0.25, 0.3) is 0 Å². The molecule has 0 atom stereocenters. The number of fused-ring (bicyclic) bond motifs is 1. The van der Waals surface area contributed by atoms with E-state index in [2.05, 4.69) is 10.1 Å². The fraction of sp³-hybridized carbons (Fsp3) is 0.364. The molecule has 0 saturated heterocycles. The monoisotopic (exact) mass is 253 g/mol. The van der Waals surface area contributed by atoms with E-state index in [1.807, 2.05) is 0 Å². The lowest BCUT2D eigenvalue weighted by molar-refractivity contribution is -0.146. The number of hydrogen-bond acceptors (Lipinski definition) is 4. The van der Waals surface area contributed by atoms with E-state index >= 15 is 0 Å². The minimum atomic E-state index is -0.811. The maximum Gasteiger partial charge on any atom is 0.317 e. The molecule has 2 heterocycles. The molecule has 0 aliphatic heterocycles. The molecule has 0 aliphatic carbocycles. The summed E-state index contributed by atoms with van der Waals surface area (Å²) in [5, 5.41) is 4.43. The minimum Gasteiger partial charge on any atom is -0.468 e. The van der Waals surface area contributed by atoms with E-state index in [1.54, 1.807) is 36.7 Å². The van der Waals surface area contributed by atoms with Gasteiger partial charge in [-0.15, -0.1) is 0 Å². The molecular formula is C11H12ClN3O2. The van der Waals surface area contributed by atoms with Gasteiger partial charge in [-0.25, -0.2) is 9.50 Å². The molecule has 6 heteroatoms. The van der Waals surface area contributed by atoms with E-state index in [0.717, 1.165) is 0 Å². The Morgan fingerprint density at radius 2 is 2.18 bits per heavy atom. The number of rotatable bonds is 2. The van der Waals surface area contributed by atoms with Crippen molar-refractivity contribution in [3.05, 3.63) is 29.2 Å². The number of nitrogens with zero attached hydrogens (tertiary/aromatic N) is 3. The molecule has 0 aromatic carbocycles. The summed E-state index contributed by atoms with van der Waals surface area (Å²) in [6, 6.07) is 3.39. The van der Waals surface area contributed by atoms with Crippen LogP contribution in [0, 0.1) is 0 Å². The number of ether oxygens (including phenoxy) is 1. The molecular weight excluding hydrogens is 242 g/mol. The van der Waals surface area contributed by atoms with Crippen molar-refractivity contribution >= 4 is 23.2 Å². The molecule has 2 aromatic rings. The van der Waals surface area contributed by atoms with Crippen LogP contribution in [0.25, 0.3) is 5.65 Å². The standard InChI is InChI=1S/C11H12ClN3O2/c1-11(2,10(16)17-3)7-6-15-9(13-7)5-4-8(12)14-15/h4-6H,1-3H3. The third-order valence-electron chi connectivity index (χ3n) is 2.62. The lowest BCUT2D eigenvalue weighted by Crippen LogP contribution is -2.30. The third-order valence-corrected chi connectivity index (χ3v) is 2.83. The van der Waals surface area contributed by atoms with Crippen LogP contribution in [0.2, 0.25) is 5.15 Å². The second kappa shape index (κ2) is 4.00. The van der Waals surface area contributed by atoms with Gasteiger partial charge in [0.15, 0.2) is 5.65 Å². The number of carbonyl (C=O) groups is 1. The maximum atomic E-state index is 11.7. The average molecular weight is 254 g/mol. The molecule has 5 nitrogen and oxygen atoms in total. The highest BCUT2D eigenvalue weighted by atomic mass is 35.5. The van der Waals surface area contributed by atoms with Gasteiger partial charge in [0.1, 0.15) is 10.6 Å². The van der Waals surface area contributed by atoms with Gasteiger partial charge in [0, 0.05) is 0 Å². The molecule has 0 N–H and O–H groups in total. The lowest BCUT2D eigenvalue weighted by atomic mass is 9.90. The van der Waals surface area contributed by atoms with Crippen LogP contribution in [0.5, 0.6) is 0 Å². The zero-order valence-electron chi connectivity index (χ0n) is 9.77. The highest BCUT2D eigenvalue weighted by Gasteiger charge is 2.33. The number of esters is 1. The second-order valence-corrected chi connectivity index (χ2v) is 4.59. The molecule has 0 saturated carbocycles. The second-order valence-electron chi connectivity index (χ2n) is 4.20. The molecule has 0 unspecified atom stereocenters. The van der Waals surface area contributed by atoms with Crippen molar-refractivity contribution < 1.29 is 9.53 Å². The molecule has 90 valence electrons. The number of imidazole rings is 1. The quantitative estimate of drug-likeness (QED) is 0.767. The Labute approximate surface area is 103 Å². The van der Waals surface area contributed by atoms with Gasteiger partial charge in [-0.1, -0.05) is 11.6 Å². The van der Waals surface area contributed by atoms with Gasteiger partial charge in [0.05, 0.1) is 19.0 Å². The summed E-state index contributed by atoms with van der Waals surface area (Å²) in [5.41, 5.74) is 0.426. The summed E-state index contributed by atoms with van der Waals surface area (Å²) < 4.78 is 6.30. The van der Waals surface area contributed by atoms with Crippen LogP contribution in [0.15, 0.2) is 18.3 Å². The minimum absolute atomic E-state index is 0.341. The molecule has 0 aliphatic rings. The Morgan fingerprint density at radius 3 is 2.82 bits per heavy atom. The van der Waals surface area contributed by atoms with Gasteiger partial charge in [-0.3, -0.25) is 4.79 Å². The molecule has 2 aromatic heterocycles. The first-order chi connectivity index (χ1) is 7.95. The predicted octanol–water partition coefficient (Wildman–Crippen LogP) is 1.83.